The number of rotatable bonds is 9. The number of ether oxygens (including phenoxy) is 2. The predicted molar refractivity (Wildman–Crippen MR) is 79.3 cm³/mol. The number of hydrogen-bond acceptors (Lipinski definition) is 4. The zero-order valence-corrected chi connectivity index (χ0v) is 13.3. The summed E-state index contributed by atoms with van der Waals surface area (Å²) in [6.07, 6.45) is 2.41. The molecule has 1 rings (SSSR count). The molecule has 1 unspecified atom stereocenters. The van der Waals surface area contributed by atoms with Crippen LogP contribution in [-0.4, -0.2) is 57.0 Å². The van der Waals surface area contributed by atoms with Gasteiger partial charge in [0.05, 0.1) is 13.2 Å². The Morgan fingerprint density at radius 3 is 2.26 bits per heavy atom. The van der Waals surface area contributed by atoms with Crippen LogP contribution in [0.2, 0.25) is 0 Å². The van der Waals surface area contributed by atoms with Crippen LogP contribution in [0.5, 0.6) is 0 Å². The van der Waals surface area contributed by atoms with Crippen LogP contribution in [0.25, 0.3) is 0 Å². The van der Waals surface area contributed by atoms with E-state index in [-0.39, 0.29) is 5.54 Å². The number of hydrogen-bond donors (Lipinski definition) is 1. The third-order valence-electron chi connectivity index (χ3n) is 4.69. The maximum atomic E-state index is 6.11. The minimum atomic E-state index is 0.158. The molecule has 19 heavy (non-hydrogen) atoms. The number of nitrogens with zero attached hydrogens (tertiary/aromatic N) is 1. The van der Waals surface area contributed by atoms with Gasteiger partial charge in [-0.25, -0.2) is 0 Å². The average Bonchev–Trinajstić information content (AvgIpc) is 2.31. The van der Waals surface area contributed by atoms with E-state index in [1.807, 2.05) is 0 Å². The fourth-order valence-corrected chi connectivity index (χ4v) is 3.35. The van der Waals surface area contributed by atoms with Crippen molar-refractivity contribution in [3.05, 3.63) is 0 Å². The van der Waals surface area contributed by atoms with Crippen LogP contribution in [0.4, 0.5) is 0 Å². The Morgan fingerprint density at radius 2 is 1.84 bits per heavy atom. The highest BCUT2D eigenvalue weighted by molar-refractivity contribution is 5.05. The quantitative estimate of drug-likeness (QED) is 0.694. The van der Waals surface area contributed by atoms with Gasteiger partial charge in [-0.3, -0.25) is 4.90 Å². The first-order valence-corrected chi connectivity index (χ1v) is 7.45. The van der Waals surface area contributed by atoms with Gasteiger partial charge < -0.3 is 15.2 Å². The lowest BCUT2D eigenvalue weighted by Gasteiger charge is -2.57. The SMILES string of the molecule is COCCN(C(C)COC)C1(CN)CC(C(C)C)C1. The molecule has 4 heteroatoms. The van der Waals surface area contributed by atoms with Gasteiger partial charge in [-0.2, -0.15) is 0 Å². The van der Waals surface area contributed by atoms with Crippen LogP contribution in [0, 0.1) is 11.8 Å². The maximum absolute atomic E-state index is 6.11. The van der Waals surface area contributed by atoms with Crippen LogP contribution in [0.15, 0.2) is 0 Å². The van der Waals surface area contributed by atoms with Crippen molar-refractivity contribution in [2.75, 3.05) is 40.5 Å². The highest BCUT2D eigenvalue weighted by atomic mass is 16.5. The third kappa shape index (κ3) is 3.91. The van der Waals surface area contributed by atoms with E-state index in [1.54, 1.807) is 14.2 Å². The lowest BCUT2D eigenvalue weighted by atomic mass is 9.62. The monoisotopic (exact) mass is 272 g/mol. The van der Waals surface area contributed by atoms with E-state index >= 15 is 0 Å². The fraction of sp³-hybridized carbons (Fsp3) is 1.00. The molecule has 1 aliphatic carbocycles. The van der Waals surface area contributed by atoms with Gasteiger partial charge in [0.15, 0.2) is 0 Å². The predicted octanol–water partition coefficient (Wildman–Crippen LogP) is 1.73. The van der Waals surface area contributed by atoms with Crippen LogP contribution in [0.3, 0.4) is 0 Å². The van der Waals surface area contributed by atoms with Crippen molar-refractivity contribution < 1.29 is 9.47 Å². The molecule has 0 bridgehead atoms. The van der Waals surface area contributed by atoms with Gasteiger partial charge in [-0.1, -0.05) is 13.8 Å². The van der Waals surface area contributed by atoms with Crippen LogP contribution in [-0.2, 0) is 9.47 Å². The number of nitrogens with two attached hydrogens (primary N) is 1. The van der Waals surface area contributed by atoms with Gasteiger partial charge in [-0.05, 0) is 31.6 Å². The smallest absolute Gasteiger partial charge is 0.0615 e. The minimum Gasteiger partial charge on any atom is -0.383 e. The summed E-state index contributed by atoms with van der Waals surface area (Å²) >= 11 is 0. The van der Waals surface area contributed by atoms with Gasteiger partial charge >= 0.3 is 0 Å². The normalized spacial score (nSPS) is 28.7. The summed E-state index contributed by atoms with van der Waals surface area (Å²) in [5, 5.41) is 0. The Morgan fingerprint density at radius 1 is 1.21 bits per heavy atom. The van der Waals surface area contributed by atoms with Gasteiger partial charge in [0.2, 0.25) is 0 Å². The van der Waals surface area contributed by atoms with E-state index in [1.165, 1.54) is 12.8 Å². The van der Waals surface area contributed by atoms with Crippen LogP contribution in [0.1, 0.15) is 33.6 Å². The molecule has 0 spiro atoms. The van der Waals surface area contributed by atoms with Crippen molar-refractivity contribution >= 4 is 0 Å². The Kier molecular flexibility index (Phi) is 6.74. The topological polar surface area (TPSA) is 47.7 Å². The average molecular weight is 272 g/mol. The molecular formula is C15H32N2O2. The van der Waals surface area contributed by atoms with E-state index < -0.39 is 0 Å². The van der Waals surface area contributed by atoms with Crippen molar-refractivity contribution in [2.24, 2.45) is 17.6 Å². The molecule has 0 amide bonds. The second kappa shape index (κ2) is 7.58. The Hall–Kier alpha value is -0.160. The molecule has 1 aliphatic rings. The standard InChI is InChI=1S/C15H32N2O2/c1-12(2)14-8-15(9-14,11-16)17(6-7-18-4)13(3)10-19-5/h12-14H,6-11,16H2,1-5H3. The first kappa shape index (κ1) is 16.9. The van der Waals surface area contributed by atoms with Gasteiger partial charge in [-0.15, -0.1) is 0 Å². The molecule has 0 aromatic heterocycles. The van der Waals surface area contributed by atoms with Crippen molar-refractivity contribution in [2.45, 2.75) is 45.2 Å². The molecule has 2 N–H and O–H groups in total. The van der Waals surface area contributed by atoms with Crippen molar-refractivity contribution in [1.82, 2.24) is 4.90 Å². The van der Waals surface area contributed by atoms with E-state index in [9.17, 15) is 0 Å². The van der Waals surface area contributed by atoms with E-state index in [4.69, 9.17) is 15.2 Å². The molecule has 0 aliphatic heterocycles. The molecule has 0 heterocycles. The summed E-state index contributed by atoms with van der Waals surface area (Å²) in [7, 11) is 3.52. The number of methoxy groups -OCH3 is 2. The van der Waals surface area contributed by atoms with Crippen LogP contribution < -0.4 is 5.73 Å². The molecule has 114 valence electrons. The van der Waals surface area contributed by atoms with Gasteiger partial charge in [0, 0.05) is 38.9 Å². The molecule has 1 saturated carbocycles. The van der Waals surface area contributed by atoms with E-state index in [0.717, 1.165) is 38.1 Å². The molecule has 0 saturated heterocycles. The Balaban J connectivity index is 2.71. The maximum Gasteiger partial charge on any atom is 0.0615 e. The van der Waals surface area contributed by atoms with Crippen molar-refractivity contribution in [3.8, 4) is 0 Å². The minimum absolute atomic E-state index is 0.158. The Bertz CT molecular complexity index is 253. The molecule has 1 fully saturated rings. The van der Waals surface area contributed by atoms with Crippen molar-refractivity contribution in [1.29, 1.82) is 0 Å². The Labute approximate surface area is 118 Å². The first-order valence-electron chi connectivity index (χ1n) is 7.45. The third-order valence-corrected chi connectivity index (χ3v) is 4.69. The highest BCUT2D eigenvalue weighted by Crippen LogP contribution is 2.46. The summed E-state index contributed by atoms with van der Waals surface area (Å²) < 4.78 is 10.6. The lowest BCUT2D eigenvalue weighted by Crippen LogP contribution is -2.65. The summed E-state index contributed by atoms with van der Waals surface area (Å²) in [5.74, 6) is 1.56. The molecule has 4 nitrogen and oxygen atoms in total. The fourth-order valence-electron chi connectivity index (χ4n) is 3.35. The van der Waals surface area contributed by atoms with Crippen LogP contribution >= 0.6 is 0 Å². The summed E-state index contributed by atoms with van der Waals surface area (Å²) in [6, 6.07) is 0.386. The van der Waals surface area contributed by atoms with Crippen molar-refractivity contribution in [3.63, 3.8) is 0 Å². The largest absolute Gasteiger partial charge is 0.383 e. The summed E-state index contributed by atoms with van der Waals surface area (Å²) in [5.41, 5.74) is 6.27. The molecular weight excluding hydrogens is 240 g/mol. The molecule has 1 atom stereocenters. The van der Waals surface area contributed by atoms with Gasteiger partial charge in [0.1, 0.15) is 0 Å². The molecule has 0 aromatic rings. The summed E-state index contributed by atoms with van der Waals surface area (Å²) in [4.78, 5) is 2.51. The zero-order chi connectivity index (χ0) is 14.5. The van der Waals surface area contributed by atoms with E-state index in [2.05, 4.69) is 25.7 Å². The molecule has 0 radical (unpaired) electrons. The van der Waals surface area contributed by atoms with Gasteiger partial charge in [0.25, 0.3) is 0 Å². The summed E-state index contributed by atoms with van der Waals surface area (Å²) in [6.45, 7) is 10.0. The molecule has 0 aromatic carbocycles. The highest BCUT2D eigenvalue weighted by Gasteiger charge is 2.49. The first-order chi connectivity index (χ1) is 9.00. The second-order valence-corrected chi connectivity index (χ2v) is 6.33. The van der Waals surface area contributed by atoms with E-state index in [0.29, 0.717) is 6.04 Å². The second-order valence-electron chi connectivity index (χ2n) is 6.33. The zero-order valence-electron chi connectivity index (χ0n) is 13.3. The lowest BCUT2D eigenvalue weighted by molar-refractivity contribution is -0.0771.